The number of methoxy groups -OCH3 is 1. The molecular weight excluding hydrogens is 474 g/mol. The second-order valence-corrected chi connectivity index (χ2v) is 9.25. The molecule has 1 amide bonds. The number of benzene rings is 2. The SMILES string of the molecule is CCOc1ccc(-c2c(C)sc3ncn(C(C)C(=O)Nc4ccc(OC)c(Cl)c4)c(=O)c23)cc1. The number of nitrogens with zero attached hydrogens (tertiary/aromatic N) is 2. The quantitative estimate of drug-likeness (QED) is 0.354. The van der Waals surface area contributed by atoms with Crippen molar-refractivity contribution in [2.24, 2.45) is 0 Å². The number of aryl methyl sites for hydroxylation is 1. The van der Waals surface area contributed by atoms with Crippen molar-refractivity contribution in [1.29, 1.82) is 0 Å². The zero-order chi connectivity index (χ0) is 24.4. The van der Waals surface area contributed by atoms with E-state index in [1.165, 1.54) is 29.3 Å². The first-order valence-corrected chi connectivity index (χ1v) is 11.9. The van der Waals surface area contributed by atoms with Gasteiger partial charge in [0.15, 0.2) is 0 Å². The van der Waals surface area contributed by atoms with E-state index in [2.05, 4.69) is 10.3 Å². The first kappa shape index (κ1) is 23.8. The number of amides is 1. The van der Waals surface area contributed by atoms with Gasteiger partial charge in [0.1, 0.15) is 22.4 Å². The molecule has 0 aliphatic carbocycles. The third-order valence-electron chi connectivity index (χ3n) is 5.48. The standard InChI is InChI=1S/C25H24ClN3O4S/c1-5-33-18-9-6-16(7-10-18)21-15(3)34-24-22(21)25(31)29(13-27-24)14(2)23(30)28-17-8-11-20(32-4)19(26)12-17/h6-14H,5H2,1-4H3,(H,28,30). The van der Waals surface area contributed by atoms with E-state index in [0.29, 0.717) is 33.3 Å². The van der Waals surface area contributed by atoms with E-state index in [9.17, 15) is 9.59 Å². The third kappa shape index (κ3) is 4.51. The summed E-state index contributed by atoms with van der Waals surface area (Å²) in [6, 6.07) is 11.8. The maximum atomic E-state index is 13.5. The Hall–Kier alpha value is -3.36. The molecule has 2 heterocycles. The molecule has 0 aliphatic rings. The van der Waals surface area contributed by atoms with Gasteiger partial charge in [0.25, 0.3) is 5.56 Å². The van der Waals surface area contributed by atoms with E-state index in [4.69, 9.17) is 21.1 Å². The monoisotopic (exact) mass is 497 g/mol. The number of hydrogen-bond donors (Lipinski definition) is 1. The normalized spacial score (nSPS) is 11.9. The minimum Gasteiger partial charge on any atom is -0.495 e. The van der Waals surface area contributed by atoms with E-state index in [1.54, 1.807) is 25.1 Å². The van der Waals surface area contributed by atoms with Crippen molar-refractivity contribution in [2.45, 2.75) is 26.8 Å². The molecule has 0 radical (unpaired) electrons. The lowest BCUT2D eigenvalue weighted by Crippen LogP contribution is -2.31. The Morgan fingerprint density at radius 2 is 1.97 bits per heavy atom. The van der Waals surface area contributed by atoms with Gasteiger partial charge in [-0.2, -0.15) is 0 Å². The van der Waals surface area contributed by atoms with Gasteiger partial charge in [-0.25, -0.2) is 4.98 Å². The predicted octanol–water partition coefficient (Wildman–Crippen LogP) is 5.69. The number of rotatable bonds is 7. The van der Waals surface area contributed by atoms with E-state index in [-0.39, 0.29) is 11.5 Å². The van der Waals surface area contributed by atoms with Crippen LogP contribution in [-0.4, -0.2) is 29.2 Å². The van der Waals surface area contributed by atoms with Crippen molar-refractivity contribution in [3.05, 3.63) is 69.0 Å². The fraction of sp³-hybridized carbons (Fsp3) is 0.240. The van der Waals surface area contributed by atoms with Gasteiger partial charge in [0.2, 0.25) is 5.91 Å². The minimum atomic E-state index is -0.793. The summed E-state index contributed by atoms with van der Waals surface area (Å²) in [4.78, 5) is 32.6. The van der Waals surface area contributed by atoms with E-state index in [0.717, 1.165) is 21.8 Å². The van der Waals surface area contributed by atoms with Crippen LogP contribution >= 0.6 is 22.9 Å². The molecule has 0 saturated heterocycles. The van der Waals surface area contributed by atoms with Crippen molar-refractivity contribution in [1.82, 2.24) is 9.55 Å². The van der Waals surface area contributed by atoms with E-state index in [1.807, 2.05) is 38.1 Å². The Morgan fingerprint density at radius 3 is 2.62 bits per heavy atom. The van der Waals surface area contributed by atoms with Gasteiger partial charge in [-0.3, -0.25) is 14.2 Å². The number of nitrogens with one attached hydrogen (secondary N) is 1. The largest absolute Gasteiger partial charge is 0.495 e. The lowest BCUT2D eigenvalue weighted by molar-refractivity contribution is -0.118. The Morgan fingerprint density at radius 1 is 1.24 bits per heavy atom. The molecule has 0 spiro atoms. The van der Waals surface area contributed by atoms with Gasteiger partial charge in [-0.05, 0) is 56.7 Å². The highest BCUT2D eigenvalue weighted by atomic mass is 35.5. The summed E-state index contributed by atoms with van der Waals surface area (Å²) in [6.45, 7) is 6.13. The van der Waals surface area contributed by atoms with Gasteiger partial charge < -0.3 is 14.8 Å². The molecule has 0 bridgehead atoms. The van der Waals surface area contributed by atoms with Crippen LogP contribution < -0.4 is 20.3 Å². The van der Waals surface area contributed by atoms with Gasteiger partial charge in [0.05, 0.1) is 30.5 Å². The zero-order valence-electron chi connectivity index (χ0n) is 19.2. The van der Waals surface area contributed by atoms with Crippen molar-refractivity contribution >= 4 is 44.7 Å². The van der Waals surface area contributed by atoms with Gasteiger partial charge >= 0.3 is 0 Å². The summed E-state index contributed by atoms with van der Waals surface area (Å²) in [6.07, 6.45) is 1.42. The zero-order valence-corrected chi connectivity index (χ0v) is 20.8. The molecule has 0 fully saturated rings. The van der Waals surface area contributed by atoms with Crippen LogP contribution in [0.15, 0.2) is 53.6 Å². The Balaban J connectivity index is 1.69. The highest BCUT2D eigenvalue weighted by Gasteiger charge is 2.22. The molecule has 1 unspecified atom stereocenters. The van der Waals surface area contributed by atoms with Crippen LogP contribution in [0.4, 0.5) is 5.69 Å². The summed E-state index contributed by atoms with van der Waals surface area (Å²) in [5.41, 5.74) is 1.96. The average Bonchev–Trinajstić information content (AvgIpc) is 3.16. The number of halogens is 1. The number of ether oxygens (including phenoxy) is 2. The minimum absolute atomic E-state index is 0.270. The molecule has 7 nitrogen and oxygen atoms in total. The molecule has 176 valence electrons. The molecule has 2 aromatic carbocycles. The van der Waals surface area contributed by atoms with Crippen LogP contribution in [0.5, 0.6) is 11.5 Å². The summed E-state index contributed by atoms with van der Waals surface area (Å²) in [5, 5.41) is 3.68. The number of aromatic nitrogens is 2. The predicted molar refractivity (Wildman–Crippen MR) is 137 cm³/mol. The lowest BCUT2D eigenvalue weighted by Gasteiger charge is -2.15. The molecular formula is C25H24ClN3O4S. The smallest absolute Gasteiger partial charge is 0.263 e. The van der Waals surface area contributed by atoms with E-state index < -0.39 is 6.04 Å². The molecule has 1 atom stereocenters. The maximum absolute atomic E-state index is 13.5. The average molecular weight is 498 g/mol. The van der Waals surface area contributed by atoms with Gasteiger partial charge in [-0.15, -0.1) is 11.3 Å². The Labute approximate surface area is 205 Å². The highest BCUT2D eigenvalue weighted by Crippen LogP contribution is 2.36. The van der Waals surface area contributed by atoms with Gasteiger partial charge in [0, 0.05) is 16.1 Å². The second kappa shape index (κ2) is 9.87. The molecule has 9 heteroatoms. The summed E-state index contributed by atoms with van der Waals surface area (Å²) in [5.74, 6) is 0.912. The van der Waals surface area contributed by atoms with Crippen LogP contribution in [0.1, 0.15) is 24.8 Å². The van der Waals surface area contributed by atoms with Crippen LogP contribution in [0.2, 0.25) is 5.02 Å². The first-order chi connectivity index (χ1) is 16.3. The van der Waals surface area contributed by atoms with Crippen molar-refractivity contribution in [2.75, 3.05) is 19.0 Å². The number of carbonyl (C=O) groups is 1. The fourth-order valence-electron chi connectivity index (χ4n) is 3.74. The second-order valence-electron chi connectivity index (χ2n) is 7.64. The Bertz CT molecular complexity index is 1410. The summed E-state index contributed by atoms with van der Waals surface area (Å²) in [7, 11) is 1.52. The lowest BCUT2D eigenvalue weighted by atomic mass is 10.0. The molecule has 0 saturated carbocycles. The van der Waals surface area contributed by atoms with E-state index >= 15 is 0 Å². The first-order valence-electron chi connectivity index (χ1n) is 10.7. The van der Waals surface area contributed by atoms with Crippen LogP contribution in [-0.2, 0) is 4.79 Å². The number of carbonyl (C=O) groups excluding carboxylic acids is 1. The molecule has 1 N–H and O–H groups in total. The summed E-state index contributed by atoms with van der Waals surface area (Å²) >= 11 is 7.61. The van der Waals surface area contributed by atoms with Crippen LogP contribution in [0, 0.1) is 6.92 Å². The number of fused-ring (bicyclic) bond motifs is 1. The number of hydrogen-bond acceptors (Lipinski definition) is 6. The molecule has 4 rings (SSSR count). The Kier molecular flexibility index (Phi) is 6.90. The number of thiophene rings is 1. The highest BCUT2D eigenvalue weighted by molar-refractivity contribution is 7.19. The third-order valence-corrected chi connectivity index (χ3v) is 6.79. The molecule has 2 aromatic heterocycles. The molecule has 34 heavy (non-hydrogen) atoms. The molecule has 4 aromatic rings. The van der Waals surface area contributed by atoms with Crippen LogP contribution in [0.3, 0.4) is 0 Å². The number of anilines is 1. The van der Waals surface area contributed by atoms with Crippen molar-refractivity contribution in [3.8, 4) is 22.6 Å². The van der Waals surface area contributed by atoms with Crippen molar-refractivity contribution in [3.63, 3.8) is 0 Å². The fourth-order valence-corrected chi connectivity index (χ4v) is 5.00. The van der Waals surface area contributed by atoms with Crippen molar-refractivity contribution < 1.29 is 14.3 Å². The topological polar surface area (TPSA) is 82.5 Å². The van der Waals surface area contributed by atoms with Crippen LogP contribution in [0.25, 0.3) is 21.3 Å². The van der Waals surface area contributed by atoms with Gasteiger partial charge in [-0.1, -0.05) is 23.7 Å². The molecule has 0 aliphatic heterocycles. The summed E-state index contributed by atoms with van der Waals surface area (Å²) < 4.78 is 12.0. The maximum Gasteiger partial charge on any atom is 0.263 e.